The number of rotatable bonds is 11. The topological polar surface area (TPSA) is 270 Å². The third-order valence-corrected chi connectivity index (χ3v) is 20.2. The summed E-state index contributed by atoms with van der Waals surface area (Å²) < 4.78 is 0. The van der Waals surface area contributed by atoms with Crippen LogP contribution >= 0.6 is 21.6 Å². The number of β-amino-alcohol motifs (C(OH)–C–C–N with tert-alkyl or cyclic N) is 1. The first-order valence-corrected chi connectivity index (χ1v) is 30.1. The molecule has 0 saturated heterocycles. The number of Topliss-reactive ketones (excluding diaryl/α,β-unsaturated/α-hetero) is 1. The van der Waals surface area contributed by atoms with E-state index in [2.05, 4.69) is 48.2 Å². The highest BCUT2D eigenvalue weighted by molar-refractivity contribution is 8.76. The minimum absolute atomic E-state index is 0.0520. The van der Waals surface area contributed by atoms with Crippen LogP contribution in [-0.4, -0.2) is 97.7 Å². The van der Waals surface area contributed by atoms with Crippen molar-refractivity contribution in [3.63, 3.8) is 0 Å². The highest BCUT2D eigenvalue weighted by atomic mass is 33.1. The number of aliphatic hydroxyl groups excluding tert-OH is 4. The molecule has 5 aliphatic rings. The zero-order chi connectivity index (χ0) is 56.1. The molecule has 2 aliphatic carbocycles. The van der Waals surface area contributed by atoms with Crippen molar-refractivity contribution >= 4 is 39.2 Å². The standard InChI is InChI=1S/C62H82N6O8S2/c1-35(2)9-6-10-36(3)11-7-14-41(32-69)46-24-26-62(57(46)74)51-22-20-44(71)28-38-12-8-13-40(27-38)50-34-78-77-33-42-17-21-47-55(48(42)29-52(72)37(4)45(51)23-25-61(62,5)76)56(59(75)68-58(47)63)66-31-53(73)54(50)49(30-67-60(64)65)39-15-18-43(70)19-16-39/h7-9,11-19,21,27,44,46,49-51,53-54,56-58,66,69-71,73-74,76H,3,6,10,20,22-26,28-34,63H2,1-2,4-5H3,(H,68,75)(H4,64,65,67)/b11-7+,41-14-,45-37+/t44-,46-,49-,50+,51-,53+,54-,56+,57-,58-,61-,62-/m1/s1. The van der Waals surface area contributed by atoms with E-state index in [4.69, 9.17) is 17.2 Å². The Morgan fingerprint density at radius 1 is 1.01 bits per heavy atom. The van der Waals surface area contributed by atoms with E-state index in [1.165, 1.54) is 5.57 Å². The van der Waals surface area contributed by atoms with Crippen LogP contribution in [-0.2, 0) is 28.2 Å². The van der Waals surface area contributed by atoms with Crippen molar-refractivity contribution in [1.82, 2.24) is 10.6 Å². The molecular weight excluding hydrogens is 1020 g/mol. The summed E-state index contributed by atoms with van der Waals surface area (Å²) in [7, 11) is 3.27. The Balaban J connectivity index is 1.26. The second-order valence-corrected chi connectivity index (χ2v) is 25.4. The number of carbonyl (C=O) groups is 2. The van der Waals surface area contributed by atoms with Crippen molar-refractivity contribution in [2.45, 2.75) is 146 Å². The number of nitrogens with one attached hydrogen (secondary N) is 2. The van der Waals surface area contributed by atoms with Gasteiger partial charge < -0.3 is 53.2 Å². The van der Waals surface area contributed by atoms with Crippen molar-refractivity contribution < 1.29 is 40.2 Å². The molecule has 0 unspecified atom stereocenters. The quantitative estimate of drug-likeness (QED) is 0.0290. The van der Waals surface area contributed by atoms with Gasteiger partial charge in [-0.25, -0.2) is 0 Å². The van der Waals surface area contributed by atoms with E-state index in [1.54, 1.807) is 40.6 Å². The van der Waals surface area contributed by atoms with E-state index in [1.807, 2.05) is 67.6 Å². The Morgan fingerprint density at radius 3 is 2.51 bits per heavy atom. The van der Waals surface area contributed by atoms with E-state index in [9.17, 15) is 35.4 Å². The van der Waals surface area contributed by atoms with Gasteiger partial charge >= 0.3 is 0 Å². The van der Waals surface area contributed by atoms with Gasteiger partial charge in [0.05, 0.1) is 30.5 Å². The Bertz CT molecular complexity index is 2840. The Hall–Kier alpha value is -5.01. The fourth-order valence-corrected chi connectivity index (χ4v) is 16.2. The summed E-state index contributed by atoms with van der Waals surface area (Å²) in [5.41, 5.74) is 25.8. The zero-order valence-corrected chi connectivity index (χ0v) is 47.3. The maximum atomic E-state index is 15.4. The number of carbonyl (C=O) groups excluding carboxylic acids is 2. The molecule has 3 heterocycles. The predicted molar refractivity (Wildman–Crippen MR) is 313 cm³/mol. The van der Waals surface area contributed by atoms with Gasteiger partial charge in [-0.15, -0.1) is 0 Å². The molecule has 0 radical (unpaired) electrons. The molecule has 78 heavy (non-hydrogen) atoms. The monoisotopic (exact) mass is 1100 g/mol. The fourth-order valence-electron chi connectivity index (χ4n) is 13.7. The maximum absolute atomic E-state index is 15.4. The second-order valence-electron chi connectivity index (χ2n) is 22.9. The van der Waals surface area contributed by atoms with Crippen LogP contribution in [0.2, 0.25) is 0 Å². The Morgan fingerprint density at radius 2 is 1.78 bits per heavy atom. The fraction of sp³-hybridized carbons (Fsp3) is 0.500. The number of allylic oxidation sites excluding steroid dienone is 8. The lowest BCUT2D eigenvalue weighted by Gasteiger charge is -2.56. The molecule has 1 amide bonds. The first kappa shape index (κ1) is 59.1. The number of benzene rings is 3. The third-order valence-electron chi connectivity index (χ3n) is 17.8. The second kappa shape index (κ2) is 25.6. The number of nitrogens with two attached hydrogens (primary N) is 3. The van der Waals surface area contributed by atoms with Crippen LogP contribution < -0.4 is 27.8 Å². The molecular formula is C62H82N6O8S2. The maximum Gasteiger partial charge on any atom is 0.243 e. The van der Waals surface area contributed by atoms with Crippen molar-refractivity contribution in [2.24, 2.45) is 45.4 Å². The molecule has 1 spiro atoms. The van der Waals surface area contributed by atoms with E-state index in [0.717, 1.165) is 46.2 Å². The SMILES string of the molecule is C=C(/C=C/C=C(/CO)[C@H]1CC[C@@]2([C@@H]3CC[C@@H](O)Cc4cccc(c4)[C@@H]4CSSCc5ccc6c(c5CC(=O)/C(C)=C/3CC[C@@]2(C)O)[C@H](NC[C@H](O)[C@@H]4[C@H](CN=C(N)N)c2ccc(O)cc2)C(=O)N[C@H]6N)[C@@H]1O)CCC=C(C)C. The van der Waals surface area contributed by atoms with Crippen LogP contribution in [0, 0.1) is 23.2 Å². The molecule has 8 rings (SSSR count). The summed E-state index contributed by atoms with van der Waals surface area (Å²) >= 11 is 0. The lowest BCUT2D eigenvalue weighted by atomic mass is 9.52. The third kappa shape index (κ3) is 12.8. The Kier molecular flexibility index (Phi) is 19.4. The molecule has 3 aliphatic heterocycles. The van der Waals surface area contributed by atoms with E-state index >= 15 is 4.79 Å². The number of aromatic hydroxyl groups is 1. The molecule has 2 fully saturated rings. The molecule has 14 nitrogen and oxygen atoms in total. The largest absolute Gasteiger partial charge is 0.508 e. The van der Waals surface area contributed by atoms with E-state index in [0.29, 0.717) is 71.4 Å². The van der Waals surface area contributed by atoms with Crippen molar-refractivity contribution in [1.29, 1.82) is 0 Å². The number of aliphatic hydroxyl groups is 5. The molecule has 3 aromatic carbocycles. The molecule has 12 atom stereocenters. The number of hydrogen-bond donors (Lipinski definition) is 11. The van der Waals surface area contributed by atoms with Gasteiger partial charge in [-0.05, 0) is 160 Å². The lowest BCUT2D eigenvalue weighted by Crippen LogP contribution is -2.59. The van der Waals surface area contributed by atoms with Crippen LogP contribution in [0.5, 0.6) is 5.75 Å². The van der Waals surface area contributed by atoms with Crippen LogP contribution in [0.4, 0.5) is 0 Å². The normalized spacial score (nSPS) is 31.4. The van der Waals surface area contributed by atoms with E-state index < -0.39 is 71.1 Å². The number of aliphatic imine (C=N–C) groups is 1. The number of ketones is 1. The zero-order valence-electron chi connectivity index (χ0n) is 45.7. The van der Waals surface area contributed by atoms with Crippen LogP contribution in [0.25, 0.3) is 0 Å². The predicted octanol–water partition coefficient (Wildman–Crippen LogP) is 7.64. The van der Waals surface area contributed by atoms with Gasteiger partial charge in [0.15, 0.2) is 11.7 Å². The minimum Gasteiger partial charge on any atom is -0.508 e. The van der Waals surface area contributed by atoms with Crippen LogP contribution in [0.3, 0.4) is 0 Å². The summed E-state index contributed by atoms with van der Waals surface area (Å²) in [6.45, 7) is 11.8. The molecule has 420 valence electrons. The van der Waals surface area contributed by atoms with Crippen molar-refractivity contribution in [2.75, 3.05) is 25.4 Å². The van der Waals surface area contributed by atoms with Crippen molar-refractivity contribution in [3.05, 3.63) is 158 Å². The first-order valence-electron chi connectivity index (χ1n) is 27.6. The van der Waals surface area contributed by atoms with Crippen LogP contribution in [0.1, 0.15) is 142 Å². The number of amides is 1. The average molecular weight is 1100 g/mol. The number of fused-ring (bicyclic) bond motifs is 9. The summed E-state index contributed by atoms with van der Waals surface area (Å²) in [4.78, 5) is 34.4. The summed E-state index contributed by atoms with van der Waals surface area (Å²) in [5, 5.41) is 78.6. The van der Waals surface area contributed by atoms with Gasteiger partial charge in [0.25, 0.3) is 0 Å². The van der Waals surface area contributed by atoms with Gasteiger partial charge in [0, 0.05) is 54.2 Å². The van der Waals surface area contributed by atoms with Gasteiger partial charge in [0.1, 0.15) is 18.0 Å². The number of guanidine groups is 1. The van der Waals surface area contributed by atoms with Crippen LogP contribution in [0.15, 0.2) is 124 Å². The minimum atomic E-state index is -1.38. The molecule has 3 aromatic rings. The van der Waals surface area contributed by atoms with Gasteiger partial charge in [-0.2, -0.15) is 0 Å². The van der Waals surface area contributed by atoms with Crippen molar-refractivity contribution in [3.8, 4) is 5.75 Å². The summed E-state index contributed by atoms with van der Waals surface area (Å²) in [6, 6.07) is 17.8. The first-order chi connectivity index (χ1) is 37.2. The lowest BCUT2D eigenvalue weighted by molar-refractivity contribution is -0.168. The summed E-state index contributed by atoms with van der Waals surface area (Å²) in [5.74, 6) is -2.03. The summed E-state index contributed by atoms with van der Waals surface area (Å²) in [6.07, 6.45) is 8.06. The molecule has 6 bridgehead atoms. The van der Waals surface area contributed by atoms with E-state index in [-0.39, 0.29) is 62.4 Å². The highest BCUT2D eigenvalue weighted by Crippen LogP contribution is 2.63. The van der Waals surface area contributed by atoms with Gasteiger partial charge in [-0.3, -0.25) is 19.9 Å². The molecule has 0 aromatic heterocycles. The average Bonchev–Trinajstić information content (AvgIpc) is 3.91. The molecule has 16 heteroatoms. The molecule has 2 saturated carbocycles. The number of phenols is 1. The van der Waals surface area contributed by atoms with Gasteiger partial charge in [-0.1, -0.05) is 118 Å². The highest BCUT2D eigenvalue weighted by Gasteiger charge is 2.64. The van der Waals surface area contributed by atoms with Gasteiger partial charge in [0.2, 0.25) is 5.91 Å². The molecule has 14 N–H and O–H groups in total. The number of hydrogen-bond acceptors (Lipinski definition) is 13. The smallest absolute Gasteiger partial charge is 0.243 e. The Labute approximate surface area is 468 Å². The number of phenolic OH excluding ortho intramolecular Hbond substituents is 1. The number of nitrogens with zero attached hydrogens (tertiary/aromatic N) is 1.